The predicted octanol–water partition coefficient (Wildman–Crippen LogP) is 3.29. The first-order valence-corrected chi connectivity index (χ1v) is 9.23. The first kappa shape index (κ1) is 17.9. The van der Waals surface area contributed by atoms with E-state index >= 15 is 0 Å². The molecule has 2 amide bonds. The van der Waals surface area contributed by atoms with Crippen LogP contribution in [0.3, 0.4) is 0 Å². The predicted molar refractivity (Wildman–Crippen MR) is 105 cm³/mol. The van der Waals surface area contributed by atoms with Crippen molar-refractivity contribution in [2.75, 3.05) is 16.8 Å². The first-order chi connectivity index (χ1) is 13.6. The topological polar surface area (TPSA) is 88.3 Å². The molecule has 28 heavy (non-hydrogen) atoms. The third-order valence-corrected chi connectivity index (χ3v) is 4.73. The van der Waals surface area contributed by atoms with Gasteiger partial charge in [-0.05, 0) is 30.3 Å². The number of rotatable bonds is 5. The summed E-state index contributed by atoms with van der Waals surface area (Å²) < 4.78 is 5.25. The lowest BCUT2D eigenvalue weighted by Gasteiger charge is -2.16. The van der Waals surface area contributed by atoms with Crippen LogP contribution in [0.1, 0.15) is 19.2 Å². The molecule has 2 aromatic carbocycles. The molecular weight excluding hydrogens is 356 g/mol. The van der Waals surface area contributed by atoms with Gasteiger partial charge in [0.1, 0.15) is 0 Å². The second kappa shape index (κ2) is 7.64. The Kier molecular flexibility index (Phi) is 4.89. The third kappa shape index (κ3) is 3.64. The van der Waals surface area contributed by atoms with E-state index in [0.29, 0.717) is 30.4 Å². The largest absolute Gasteiger partial charge is 0.334 e. The van der Waals surface area contributed by atoms with Crippen molar-refractivity contribution in [2.45, 2.75) is 19.8 Å². The molecule has 1 aromatic heterocycles. The number of aromatic nitrogens is 2. The molecule has 0 aliphatic carbocycles. The second-order valence-corrected chi connectivity index (χ2v) is 6.68. The van der Waals surface area contributed by atoms with Crippen LogP contribution in [0.2, 0.25) is 0 Å². The van der Waals surface area contributed by atoms with Gasteiger partial charge in [-0.25, -0.2) is 0 Å². The number of amides is 2. The Morgan fingerprint density at radius 1 is 1.21 bits per heavy atom. The van der Waals surface area contributed by atoms with Crippen LogP contribution in [0, 0.1) is 5.92 Å². The van der Waals surface area contributed by atoms with Crippen LogP contribution >= 0.6 is 0 Å². The summed E-state index contributed by atoms with van der Waals surface area (Å²) in [6.07, 6.45) is 0.886. The van der Waals surface area contributed by atoms with Crippen LogP contribution < -0.4 is 10.2 Å². The zero-order chi connectivity index (χ0) is 19.5. The molecule has 4 rings (SSSR count). The molecule has 1 N–H and O–H groups in total. The number of benzene rings is 2. The Morgan fingerprint density at radius 2 is 2.04 bits per heavy atom. The lowest BCUT2D eigenvalue weighted by atomic mass is 10.1. The van der Waals surface area contributed by atoms with E-state index in [1.807, 2.05) is 49.4 Å². The molecule has 1 aliphatic rings. The second-order valence-electron chi connectivity index (χ2n) is 6.68. The van der Waals surface area contributed by atoms with E-state index in [0.717, 1.165) is 11.3 Å². The van der Waals surface area contributed by atoms with Crippen LogP contribution in [-0.4, -0.2) is 28.5 Å². The van der Waals surface area contributed by atoms with Gasteiger partial charge < -0.3 is 14.7 Å². The van der Waals surface area contributed by atoms with Crippen molar-refractivity contribution in [1.82, 2.24) is 10.1 Å². The quantitative estimate of drug-likeness (QED) is 0.738. The summed E-state index contributed by atoms with van der Waals surface area (Å²) in [4.78, 5) is 31.0. The SMILES string of the molecule is CCc1noc(-c2cccc(NC(=O)C3CC(=O)N(c4ccccc4)C3)c2)n1. The van der Waals surface area contributed by atoms with Crippen LogP contribution in [0.4, 0.5) is 11.4 Å². The number of nitrogens with one attached hydrogen (secondary N) is 1. The summed E-state index contributed by atoms with van der Waals surface area (Å²) in [7, 11) is 0. The number of hydrogen-bond donors (Lipinski definition) is 1. The molecule has 1 unspecified atom stereocenters. The molecule has 1 saturated heterocycles. The van der Waals surface area contributed by atoms with Crippen molar-refractivity contribution in [1.29, 1.82) is 0 Å². The first-order valence-electron chi connectivity index (χ1n) is 9.23. The van der Waals surface area contributed by atoms with Crippen LogP contribution in [0.15, 0.2) is 59.1 Å². The minimum absolute atomic E-state index is 0.0435. The van der Waals surface area contributed by atoms with Gasteiger partial charge in [0, 0.05) is 36.3 Å². The van der Waals surface area contributed by atoms with Crippen molar-refractivity contribution in [2.24, 2.45) is 5.92 Å². The van der Waals surface area contributed by atoms with Crippen LogP contribution in [0.25, 0.3) is 11.5 Å². The molecule has 1 fully saturated rings. The lowest BCUT2D eigenvalue weighted by Crippen LogP contribution is -2.28. The minimum atomic E-state index is -0.397. The van der Waals surface area contributed by atoms with Crippen molar-refractivity contribution in [3.63, 3.8) is 0 Å². The number of aryl methyl sites for hydroxylation is 1. The van der Waals surface area contributed by atoms with Crippen LogP contribution in [-0.2, 0) is 16.0 Å². The van der Waals surface area contributed by atoms with Gasteiger partial charge in [-0.3, -0.25) is 9.59 Å². The number of hydrogen-bond acceptors (Lipinski definition) is 5. The fourth-order valence-electron chi connectivity index (χ4n) is 3.23. The number of anilines is 2. The van der Waals surface area contributed by atoms with Crippen molar-refractivity contribution in [3.05, 3.63) is 60.4 Å². The van der Waals surface area contributed by atoms with E-state index in [1.54, 1.807) is 17.0 Å². The summed E-state index contributed by atoms with van der Waals surface area (Å²) in [5.41, 5.74) is 2.18. The van der Waals surface area contributed by atoms with Gasteiger partial charge in [0.2, 0.25) is 11.8 Å². The summed E-state index contributed by atoms with van der Waals surface area (Å²) >= 11 is 0. The number of carbonyl (C=O) groups excluding carboxylic acids is 2. The van der Waals surface area contributed by atoms with Gasteiger partial charge in [0.05, 0.1) is 5.92 Å². The highest BCUT2D eigenvalue weighted by molar-refractivity contribution is 6.03. The van der Waals surface area contributed by atoms with Gasteiger partial charge >= 0.3 is 0 Å². The molecule has 1 aliphatic heterocycles. The summed E-state index contributed by atoms with van der Waals surface area (Å²) in [5.74, 6) is 0.433. The van der Waals surface area contributed by atoms with E-state index in [2.05, 4.69) is 15.5 Å². The maximum Gasteiger partial charge on any atom is 0.257 e. The molecular formula is C21H20N4O3. The Morgan fingerprint density at radius 3 is 2.79 bits per heavy atom. The van der Waals surface area contributed by atoms with Crippen LogP contribution in [0.5, 0.6) is 0 Å². The highest BCUT2D eigenvalue weighted by atomic mass is 16.5. The zero-order valence-electron chi connectivity index (χ0n) is 15.5. The monoisotopic (exact) mass is 376 g/mol. The zero-order valence-corrected chi connectivity index (χ0v) is 15.5. The summed E-state index contributed by atoms with van der Waals surface area (Å²) in [5, 5.41) is 6.79. The fourth-order valence-corrected chi connectivity index (χ4v) is 3.23. The molecule has 7 nitrogen and oxygen atoms in total. The van der Waals surface area contributed by atoms with E-state index in [1.165, 1.54) is 0 Å². The van der Waals surface area contributed by atoms with Gasteiger partial charge in [-0.1, -0.05) is 36.3 Å². The Labute approximate surface area is 162 Å². The Balaban J connectivity index is 1.45. The van der Waals surface area contributed by atoms with Gasteiger partial charge in [-0.15, -0.1) is 0 Å². The molecule has 3 aromatic rings. The maximum atomic E-state index is 12.7. The lowest BCUT2D eigenvalue weighted by molar-refractivity contribution is -0.122. The third-order valence-electron chi connectivity index (χ3n) is 4.73. The van der Waals surface area contributed by atoms with Gasteiger partial charge in [0.15, 0.2) is 5.82 Å². The molecule has 0 spiro atoms. The Bertz CT molecular complexity index is 1000. The van der Waals surface area contributed by atoms with E-state index in [4.69, 9.17) is 4.52 Å². The van der Waals surface area contributed by atoms with E-state index in [-0.39, 0.29) is 18.2 Å². The molecule has 0 radical (unpaired) electrons. The van der Waals surface area contributed by atoms with E-state index in [9.17, 15) is 9.59 Å². The van der Waals surface area contributed by atoms with Gasteiger partial charge in [0.25, 0.3) is 5.89 Å². The minimum Gasteiger partial charge on any atom is -0.334 e. The molecule has 7 heteroatoms. The average Bonchev–Trinajstić information content (AvgIpc) is 3.36. The highest BCUT2D eigenvalue weighted by Gasteiger charge is 2.35. The molecule has 0 saturated carbocycles. The normalized spacial score (nSPS) is 16.4. The smallest absolute Gasteiger partial charge is 0.257 e. The number of carbonyl (C=O) groups is 2. The van der Waals surface area contributed by atoms with Gasteiger partial charge in [-0.2, -0.15) is 4.98 Å². The maximum absolute atomic E-state index is 12.7. The molecule has 0 bridgehead atoms. The standard InChI is InChI=1S/C21H20N4O3/c1-2-18-23-21(28-24-18)14-7-6-8-16(11-14)22-20(27)15-12-19(26)25(13-15)17-9-4-3-5-10-17/h3-11,15H,2,12-13H2,1H3,(H,22,27). The van der Waals surface area contributed by atoms with Crippen molar-refractivity contribution in [3.8, 4) is 11.5 Å². The summed E-state index contributed by atoms with van der Waals surface area (Å²) in [6.45, 7) is 2.32. The highest BCUT2D eigenvalue weighted by Crippen LogP contribution is 2.27. The summed E-state index contributed by atoms with van der Waals surface area (Å²) in [6, 6.07) is 16.6. The van der Waals surface area contributed by atoms with Crippen molar-refractivity contribution >= 4 is 23.2 Å². The number of para-hydroxylation sites is 1. The molecule has 2 heterocycles. The Hall–Kier alpha value is -3.48. The number of nitrogens with zero attached hydrogens (tertiary/aromatic N) is 3. The average molecular weight is 376 g/mol. The molecule has 1 atom stereocenters. The van der Waals surface area contributed by atoms with E-state index < -0.39 is 5.92 Å². The van der Waals surface area contributed by atoms with Crippen molar-refractivity contribution < 1.29 is 14.1 Å². The fraction of sp³-hybridized carbons (Fsp3) is 0.238. The molecule has 142 valence electrons.